The van der Waals surface area contributed by atoms with Crippen LogP contribution in [0.15, 0.2) is 27.1 Å². The number of hydrogen-bond acceptors (Lipinski definition) is 1. The van der Waals surface area contributed by atoms with E-state index >= 15 is 0 Å². The third-order valence-corrected chi connectivity index (χ3v) is 4.58. The fraction of sp³-hybridized carbons (Fsp3) is 0.571. The van der Waals surface area contributed by atoms with E-state index in [2.05, 4.69) is 55.4 Å². The molecule has 0 aromatic heterocycles. The highest BCUT2D eigenvalue weighted by atomic mass is 79.9. The van der Waals surface area contributed by atoms with E-state index in [1.807, 2.05) is 0 Å². The van der Waals surface area contributed by atoms with Gasteiger partial charge >= 0.3 is 0 Å². The third-order valence-electron chi connectivity index (χ3n) is 3.39. The largest absolute Gasteiger partial charge is 0.381 e. The summed E-state index contributed by atoms with van der Waals surface area (Å²) in [5, 5.41) is 3.68. The standard InChI is InChI=1S/C14H19Br2N/c15-11-8-9-13(16)14(10-11)17-12-6-4-2-1-3-5-7-12/h8-10,12,17H,1-7H2. The molecular formula is C14H19Br2N. The molecule has 0 heterocycles. The van der Waals surface area contributed by atoms with Crippen LogP contribution in [0.25, 0.3) is 0 Å². The summed E-state index contributed by atoms with van der Waals surface area (Å²) in [6.45, 7) is 0. The molecule has 0 aliphatic heterocycles. The molecule has 1 nitrogen and oxygen atoms in total. The van der Waals surface area contributed by atoms with E-state index in [0.29, 0.717) is 6.04 Å². The molecule has 0 spiro atoms. The summed E-state index contributed by atoms with van der Waals surface area (Å²) in [6.07, 6.45) is 9.56. The van der Waals surface area contributed by atoms with Crippen molar-refractivity contribution in [3.05, 3.63) is 27.1 Å². The molecule has 1 aliphatic rings. The van der Waals surface area contributed by atoms with Crippen molar-refractivity contribution >= 4 is 37.5 Å². The molecule has 1 N–H and O–H groups in total. The number of nitrogens with one attached hydrogen (secondary N) is 1. The smallest absolute Gasteiger partial charge is 0.0498 e. The van der Waals surface area contributed by atoms with E-state index in [4.69, 9.17) is 0 Å². The van der Waals surface area contributed by atoms with E-state index in [9.17, 15) is 0 Å². The second-order valence-electron chi connectivity index (χ2n) is 4.81. The van der Waals surface area contributed by atoms with Gasteiger partial charge in [-0.1, -0.05) is 48.0 Å². The Bertz CT molecular complexity index is 357. The van der Waals surface area contributed by atoms with Gasteiger partial charge in [0, 0.05) is 20.7 Å². The Morgan fingerprint density at radius 2 is 1.59 bits per heavy atom. The van der Waals surface area contributed by atoms with Gasteiger partial charge in [-0.2, -0.15) is 0 Å². The van der Waals surface area contributed by atoms with E-state index in [0.717, 1.165) is 8.95 Å². The van der Waals surface area contributed by atoms with Crippen molar-refractivity contribution in [3.63, 3.8) is 0 Å². The first-order chi connectivity index (χ1) is 8.25. The lowest BCUT2D eigenvalue weighted by atomic mass is 9.96. The van der Waals surface area contributed by atoms with Crippen LogP contribution in [0.1, 0.15) is 44.9 Å². The summed E-state index contributed by atoms with van der Waals surface area (Å²) >= 11 is 7.14. The van der Waals surface area contributed by atoms with Crippen LogP contribution in [0, 0.1) is 0 Å². The maximum Gasteiger partial charge on any atom is 0.0498 e. The highest BCUT2D eigenvalue weighted by Gasteiger charge is 2.12. The minimum atomic E-state index is 0.640. The van der Waals surface area contributed by atoms with Crippen LogP contribution in [0.4, 0.5) is 5.69 Å². The zero-order valence-electron chi connectivity index (χ0n) is 10.0. The third kappa shape index (κ3) is 4.29. The van der Waals surface area contributed by atoms with E-state index in [-0.39, 0.29) is 0 Å². The number of benzene rings is 1. The average molecular weight is 361 g/mol. The topological polar surface area (TPSA) is 12.0 Å². The predicted octanol–water partition coefficient (Wildman–Crippen LogP) is 5.74. The van der Waals surface area contributed by atoms with Gasteiger partial charge < -0.3 is 5.32 Å². The maximum atomic E-state index is 3.68. The minimum Gasteiger partial charge on any atom is -0.381 e. The van der Waals surface area contributed by atoms with Crippen LogP contribution in [-0.2, 0) is 0 Å². The molecule has 0 unspecified atom stereocenters. The van der Waals surface area contributed by atoms with Crippen LogP contribution in [0.5, 0.6) is 0 Å². The Kier molecular flexibility index (Phi) is 5.36. The zero-order valence-corrected chi connectivity index (χ0v) is 13.2. The lowest BCUT2D eigenvalue weighted by Crippen LogP contribution is -2.20. The van der Waals surface area contributed by atoms with Crippen molar-refractivity contribution in [2.24, 2.45) is 0 Å². The first-order valence-electron chi connectivity index (χ1n) is 6.47. The van der Waals surface area contributed by atoms with E-state index in [1.54, 1.807) is 0 Å². The van der Waals surface area contributed by atoms with Gasteiger partial charge in [0.05, 0.1) is 0 Å². The molecule has 94 valence electrons. The molecular weight excluding hydrogens is 342 g/mol. The fourth-order valence-electron chi connectivity index (χ4n) is 2.43. The van der Waals surface area contributed by atoms with Crippen molar-refractivity contribution in [3.8, 4) is 0 Å². The quantitative estimate of drug-likeness (QED) is 0.709. The van der Waals surface area contributed by atoms with Crippen LogP contribution >= 0.6 is 31.9 Å². The van der Waals surface area contributed by atoms with E-state index < -0.39 is 0 Å². The number of hydrogen-bond donors (Lipinski definition) is 1. The monoisotopic (exact) mass is 359 g/mol. The lowest BCUT2D eigenvalue weighted by molar-refractivity contribution is 0.471. The van der Waals surface area contributed by atoms with Gasteiger partial charge in [0.15, 0.2) is 0 Å². The first-order valence-corrected chi connectivity index (χ1v) is 8.06. The van der Waals surface area contributed by atoms with Crippen molar-refractivity contribution in [2.45, 2.75) is 51.0 Å². The minimum absolute atomic E-state index is 0.640. The molecule has 1 saturated carbocycles. The molecule has 1 fully saturated rings. The second kappa shape index (κ2) is 6.79. The Morgan fingerprint density at radius 3 is 2.29 bits per heavy atom. The molecule has 3 heteroatoms. The molecule has 17 heavy (non-hydrogen) atoms. The summed E-state index contributed by atoms with van der Waals surface area (Å²) < 4.78 is 2.29. The lowest BCUT2D eigenvalue weighted by Gasteiger charge is -2.23. The first kappa shape index (κ1) is 13.4. The number of rotatable bonds is 2. The Labute approximate surface area is 121 Å². The van der Waals surface area contributed by atoms with Crippen molar-refractivity contribution in [1.29, 1.82) is 0 Å². The van der Waals surface area contributed by atoms with Gasteiger partial charge in [0.2, 0.25) is 0 Å². The summed E-state index contributed by atoms with van der Waals surface area (Å²) in [4.78, 5) is 0. The second-order valence-corrected chi connectivity index (χ2v) is 6.58. The number of anilines is 1. The Morgan fingerprint density at radius 1 is 0.941 bits per heavy atom. The zero-order chi connectivity index (χ0) is 12.1. The van der Waals surface area contributed by atoms with Crippen molar-refractivity contribution in [1.82, 2.24) is 0 Å². The van der Waals surface area contributed by atoms with Crippen molar-refractivity contribution < 1.29 is 0 Å². The fourth-order valence-corrected chi connectivity index (χ4v) is 3.15. The van der Waals surface area contributed by atoms with Crippen LogP contribution in [-0.4, -0.2) is 6.04 Å². The highest BCUT2D eigenvalue weighted by Crippen LogP contribution is 2.29. The van der Waals surface area contributed by atoms with Gasteiger partial charge in [0.1, 0.15) is 0 Å². The van der Waals surface area contributed by atoms with Crippen LogP contribution < -0.4 is 5.32 Å². The SMILES string of the molecule is Brc1ccc(Br)c(NC2CCCCCCC2)c1. The average Bonchev–Trinajstić information content (AvgIpc) is 2.27. The number of halogens is 2. The highest BCUT2D eigenvalue weighted by molar-refractivity contribution is 9.11. The van der Waals surface area contributed by atoms with Gasteiger partial charge in [-0.05, 0) is 47.0 Å². The normalized spacial score (nSPS) is 18.5. The van der Waals surface area contributed by atoms with E-state index in [1.165, 1.54) is 50.6 Å². The van der Waals surface area contributed by atoms with Gasteiger partial charge in [-0.25, -0.2) is 0 Å². The van der Waals surface area contributed by atoms with Gasteiger partial charge in [-0.15, -0.1) is 0 Å². The Hall–Kier alpha value is -0.0200. The van der Waals surface area contributed by atoms with Crippen LogP contribution in [0.3, 0.4) is 0 Å². The predicted molar refractivity (Wildman–Crippen MR) is 81.6 cm³/mol. The summed E-state index contributed by atoms with van der Waals surface area (Å²) in [5.74, 6) is 0. The molecule has 2 rings (SSSR count). The maximum absolute atomic E-state index is 3.68. The molecule has 1 aromatic rings. The molecule has 0 saturated heterocycles. The summed E-state index contributed by atoms with van der Waals surface area (Å²) in [6, 6.07) is 6.95. The molecule has 1 aliphatic carbocycles. The molecule has 0 radical (unpaired) electrons. The van der Waals surface area contributed by atoms with Crippen LogP contribution in [0.2, 0.25) is 0 Å². The summed E-state index contributed by atoms with van der Waals surface area (Å²) in [7, 11) is 0. The summed E-state index contributed by atoms with van der Waals surface area (Å²) in [5.41, 5.74) is 1.21. The molecule has 0 bridgehead atoms. The van der Waals surface area contributed by atoms with Gasteiger partial charge in [0.25, 0.3) is 0 Å². The Balaban J connectivity index is 2.00. The molecule has 1 aromatic carbocycles. The van der Waals surface area contributed by atoms with Gasteiger partial charge in [-0.3, -0.25) is 0 Å². The molecule has 0 atom stereocenters. The van der Waals surface area contributed by atoms with Crippen molar-refractivity contribution in [2.75, 3.05) is 5.32 Å². The molecule has 0 amide bonds.